The molecule has 0 heterocycles. The van der Waals surface area contributed by atoms with Gasteiger partial charge in [0.2, 0.25) is 0 Å². The largest absolute Gasteiger partial charge is 2.00 e. The molecule has 0 unspecified atom stereocenters. The third kappa shape index (κ3) is 12.5. The zero-order valence-electron chi connectivity index (χ0n) is 32.9. The normalized spacial score (nSPS) is 11.5. The predicted molar refractivity (Wildman–Crippen MR) is 200 cm³/mol. The van der Waals surface area contributed by atoms with Crippen molar-refractivity contribution in [3.05, 3.63) is 115 Å². The summed E-state index contributed by atoms with van der Waals surface area (Å²) in [6.45, 7) is 0. The standard InChI is InChI=1S/C38H27N5O13S3.2Cu.3Na/c44-29-16-20(9-13-27(29)40-42-35-31(46)18-23-15-25(39-24-6-2-1-3-7-24)11-12-26(23)38(35)59(54,55)56)21-10-14-28(30(45)17-21)41-43-36-33(58(51,52)53)19-22-5-4-8-32(57(48,49)50)34(22)37(36)47;;;;;/h1-19,39,44-47H,(H,48,49,50)(H,51,52,53)(H,54,55,56);;;;;/q;2*+2;3*+1/p-7. The van der Waals surface area contributed by atoms with Gasteiger partial charge in [0.1, 0.15) is 30.4 Å². The van der Waals surface area contributed by atoms with Gasteiger partial charge in [-0.25, -0.2) is 25.3 Å². The molecule has 0 atom stereocenters. The summed E-state index contributed by atoms with van der Waals surface area (Å²) in [5.74, 6) is -4.07. The van der Waals surface area contributed by atoms with E-state index in [0.29, 0.717) is 17.4 Å². The number of nitrogens with zero attached hydrogens (tertiary/aromatic N) is 4. The van der Waals surface area contributed by atoms with Crippen LogP contribution in [-0.2, 0) is 64.5 Å². The summed E-state index contributed by atoms with van der Waals surface area (Å²) in [6.07, 6.45) is 0. The zero-order chi connectivity index (χ0) is 42.4. The van der Waals surface area contributed by atoms with Crippen LogP contribution in [0.15, 0.2) is 150 Å². The number of hydrogen-bond acceptors (Lipinski definition) is 18. The second kappa shape index (κ2) is 22.7. The molecule has 2 radical (unpaired) electrons. The van der Waals surface area contributed by atoms with Crippen LogP contribution in [-0.4, -0.2) is 38.9 Å². The van der Waals surface area contributed by atoms with Crippen LogP contribution in [0.1, 0.15) is 0 Å². The van der Waals surface area contributed by atoms with Crippen LogP contribution in [0.25, 0.3) is 32.7 Å². The van der Waals surface area contributed by atoms with Crippen LogP contribution in [0, 0.1) is 0 Å². The summed E-state index contributed by atoms with van der Waals surface area (Å²) in [5, 5.41) is 68.9. The van der Waals surface area contributed by atoms with Gasteiger partial charge in [-0.15, -0.1) is 10.2 Å². The Bertz CT molecular complexity index is 3300. The molecule has 318 valence electrons. The SMILES string of the molecule is O=S(=O)([O-])c1cc2cccc(S(=O)(=O)[O-])c2c([O-])c1N=Nc1ccc(-c2ccc(N=Nc3c([O-])cc4cc(Nc5ccccc5)ccc4c3S(=O)(=O)[O-])c([O-])c2)cc1[O-].[Cu+2].[Cu+2].[Na+].[Na+].[Na+]. The number of nitrogens with one attached hydrogen (secondary N) is 1. The van der Waals surface area contributed by atoms with Gasteiger partial charge in [0, 0.05) is 16.8 Å². The number of hydrogen-bond donors (Lipinski definition) is 1. The second-order valence-electron chi connectivity index (χ2n) is 12.5. The minimum Gasteiger partial charge on any atom is -0.871 e. The Morgan fingerprint density at radius 1 is 0.453 bits per heavy atom. The van der Waals surface area contributed by atoms with Crippen LogP contribution in [0.2, 0.25) is 0 Å². The van der Waals surface area contributed by atoms with E-state index in [1.165, 1.54) is 30.3 Å². The van der Waals surface area contributed by atoms with Crippen LogP contribution in [0.5, 0.6) is 23.0 Å². The van der Waals surface area contributed by atoms with Crippen molar-refractivity contribution >= 4 is 86.0 Å². The van der Waals surface area contributed by atoms with Gasteiger partial charge in [-0.3, -0.25) is 0 Å². The molecule has 0 amide bonds. The van der Waals surface area contributed by atoms with Gasteiger partial charge in [0.25, 0.3) is 0 Å². The summed E-state index contributed by atoms with van der Waals surface area (Å²) >= 11 is 0. The molecule has 26 heteroatoms. The Kier molecular flexibility index (Phi) is 20.3. The molecule has 0 saturated carbocycles. The van der Waals surface area contributed by atoms with Crippen molar-refractivity contribution in [3.8, 4) is 34.1 Å². The number of anilines is 2. The molecule has 64 heavy (non-hydrogen) atoms. The maximum Gasteiger partial charge on any atom is 2.00 e. The van der Waals surface area contributed by atoms with Gasteiger partial charge < -0.3 is 39.4 Å². The first-order chi connectivity index (χ1) is 27.8. The molecule has 1 N–H and O–H groups in total. The zero-order valence-corrected chi connectivity index (χ0v) is 43.2. The Labute approximate surface area is 452 Å². The number of benzene rings is 7. The fourth-order valence-electron chi connectivity index (χ4n) is 6.06. The van der Waals surface area contributed by atoms with E-state index in [1.807, 2.05) is 6.07 Å². The average Bonchev–Trinajstić information content (AvgIpc) is 3.16. The Morgan fingerprint density at radius 2 is 1.00 bits per heavy atom. The van der Waals surface area contributed by atoms with E-state index in [1.54, 1.807) is 24.3 Å². The topological polar surface area (TPSA) is 325 Å². The molecule has 0 fully saturated rings. The molecule has 7 aromatic carbocycles. The first kappa shape index (κ1) is 57.2. The van der Waals surface area contributed by atoms with Gasteiger partial charge in [-0.1, -0.05) is 89.7 Å². The molecular formula is C38H20Cu2N5Na3O13S3. The monoisotopic (exact) mass is 1040 g/mol. The molecule has 7 rings (SSSR count). The summed E-state index contributed by atoms with van der Waals surface area (Å²) in [4.78, 5) is -3.12. The third-order valence-corrected chi connectivity index (χ3v) is 11.3. The van der Waals surface area contributed by atoms with Crippen LogP contribution >= 0.6 is 0 Å². The molecule has 0 aromatic heterocycles. The van der Waals surface area contributed by atoms with Crippen molar-refractivity contribution in [1.29, 1.82) is 0 Å². The number of para-hydroxylation sites is 1. The van der Waals surface area contributed by atoms with Gasteiger partial charge >= 0.3 is 123 Å². The van der Waals surface area contributed by atoms with Crippen LogP contribution < -0.4 is 114 Å². The van der Waals surface area contributed by atoms with Crippen molar-refractivity contribution in [3.63, 3.8) is 0 Å². The summed E-state index contributed by atoms with van der Waals surface area (Å²) in [6, 6.07) is 24.8. The third-order valence-electron chi connectivity index (χ3n) is 8.67. The molecule has 0 bridgehead atoms. The fraction of sp³-hybridized carbons (Fsp3) is 0. The van der Waals surface area contributed by atoms with Gasteiger partial charge in [0.05, 0.1) is 37.4 Å². The quantitative estimate of drug-likeness (QED) is 0.0782. The summed E-state index contributed by atoms with van der Waals surface area (Å²) in [5.41, 5.74) is -1.34. The maximum absolute atomic E-state index is 13.2. The molecule has 0 spiro atoms. The van der Waals surface area contributed by atoms with Crippen molar-refractivity contribution < 1.29 is 182 Å². The van der Waals surface area contributed by atoms with E-state index in [2.05, 4.69) is 25.8 Å². The predicted octanol–water partition coefficient (Wildman–Crippen LogP) is -3.75. The molecule has 18 nitrogen and oxygen atoms in total. The molecular weight excluding hydrogens is 1030 g/mol. The number of azo groups is 2. The van der Waals surface area contributed by atoms with E-state index in [0.717, 1.165) is 48.5 Å². The summed E-state index contributed by atoms with van der Waals surface area (Å²) in [7, 11) is -16.0. The van der Waals surface area contributed by atoms with E-state index < -0.39 is 90.5 Å². The van der Waals surface area contributed by atoms with E-state index in [-0.39, 0.29) is 156 Å². The Balaban J connectivity index is 0.00000282. The van der Waals surface area contributed by atoms with E-state index in [4.69, 9.17) is 0 Å². The molecule has 0 aliphatic carbocycles. The Hall–Kier alpha value is -2.97. The van der Waals surface area contributed by atoms with Gasteiger partial charge in [0.15, 0.2) is 0 Å². The van der Waals surface area contributed by atoms with Crippen LogP contribution in [0.4, 0.5) is 34.1 Å². The summed E-state index contributed by atoms with van der Waals surface area (Å²) < 4.78 is 109. The number of rotatable bonds is 10. The first-order valence-electron chi connectivity index (χ1n) is 16.5. The van der Waals surface area contributed by atoms with Crippen LogP contribution in [0.3, 0.4) is 0 Å². The molecule has 7 aromatic rings. The molecule has 0 saturated heterocycles. The average molecular weight is 1050 g/mol. The minimum absolute atomic E-state index is 0. The smallest absolute Gasteiger partial charge is 0.871 e. The van der Waals surface area contributed by atoms with Gasteiger partial charge in [-0.05, 0) is 75.8 Å². The fourth-order valence-corrected chi connectivity index (χ4v) is 8.24. The maximum atomic E-state index is 13.2. The molecule has 0 aliphatic rings. The van der Waals surface area contributed by atoms with Crippen molar-refractivity contribution in [2.75, 3.05) is 5.32 Å². The van der Waals surface area contributed by atoms with E-state index >= 15 is 0 Å². The second-order valence-corrected chi connectivity index (χ2v) is 16.5. The van der Waals surface area contributed by atoms with E-state index in [9.17, 15) is 59.3 Å². The van der Waals surface area contributed by atoms with Crippen molar-refractivity contribution in [2.24, 2.45) is 20.5 Å². The molecule has 0 aliphatic heterocycles. The first-order valence-corrected chi connectivity index (χ1v) is 20.7. The minimum atomic E-state index is -5.42. The Morgan fingerprint density at radius 3 is 1.52 bits per heavy atom. The number of fused-ring (bicyclic) bond motifs is 2. The van der Waals surface area contributed by atoms with Crippen molar-refractivity contribution in [1.82, 2.24) is 0 Å². The van der Waals surface area contributed by atoms with Crippen molar-refractivity contribution in [2.45, 2.75) is 14.7 Å². The van der Waals surface area contributed by atoms with Gasteiger partial charge in [-0.2, -0.15) is 10.2 Å².